The summed E-state index contributed by atoms with van der Waals surface area (Å²) in [6.45, 7) is 0.947. The second-order valence-electron chi connectivity index (χ2n) is 1.96. The van der Waals surface area contributed by atoms with Gasteiger partial charge in [0.05, 0.1) is 6.61 Å². The number of hydrogen-bond donors (Lipinski definition) is 2. The zero-order valence-corrected chi connectivity index (χ0v) is 7.10. The van der Waals surface area contributed by atoms with Gasteiger partial charge in [-0.25, -0.2) is 4.79 Å². The van der Waals surface area contributed by atoms with E-state index in [0.29, 0.717) is 6.54 Å². The fourth-order valence-electron chi connectivity index (χ4n) is 0.583. The van der Waals surface area contributed by atoms with Gasteiger partial charge in [0.1, 0.15) is 0 Å². The normalized spacial score (nSPS) is 8.45. The summed E-state index contributed by atoms with van der Waals surface area (Å²) in [5, 5.41) is 8.02. The Morgan fingerprint density at radius 1 is 1.36 bits per heavy atom. The minimum atomic E-state index is -1.20. The molecule has 3 N–H and O–H groups in total. The molecule has 0 aliphatic carbocycles. The van der Waals surface area contributed by atoms with Crippen molar-refractivity contribution >= 4 is 18.6 Å². The van der Waals surface area contributed by atoms with E-state index in [9.17, 15) is 4.79 Å². The number of rotatable bonds is 5. The quantitative estimate of drug-likeness (QED) is 0.497. The van der Waals surface area contributed by atoms with Gasteiger partial charge in [0.25, 0.3) is 0 Å². The van der Waals surface area contributed by atoms with E-state index in [1.165, 1.54) is 0 Å². The van der Waals surface area contributed by atoms with Crippen molar-refractivity contribution < 1.29 is 14.6 Å². The van der Waals surface area contributed by atoms with Crippen molar-refractivity contribution in [2.45, 2.75) is 19.3 Å². The van der Waals surface area contributed by atoms with E-state index in [0.717, 1.165) is 19.3 Å². The highest BCUT2D eigenvalue weighted by molar-refractivity contribution is 5.85. The minimum Gasteiger partial charge on any atom is -0.450 e. The standard InChI is InChI=1S/C6H13NO3.ClH/c7-4-2-1-3-5-10-6(8)9;/h1-5,7H2,(H,8,9);1H. The summed E-state index contributed by atoms with van der Waals surface area (Å²) in [6, 6.07) is 0. The molecule has 4 nitrogen and oxygen atoms in total. The molecule has 0 rings (SSSR count). The molecule has 68 valence electrons. The van der Waals surface area contributed by atoms with Crippen LogP contribution in [0.25, 0.3) is 0 Å². The summed E-state index contributed by atoms with van der Waals surface area (Å²) in [5.74, 6) is 0. The molecule has 0 saturated heterocycles. The Labute approximate surface area is 72.1 Å². The fraction of sp³-hybridized carbons (Fsp3) is 0.833. The van der Waals surface area contributed by atoms with Crippen LogP contribution in [0.4, 0.5) is 4.79 Å². The van der Waals surface area contributed by atoms with Gasteiger partial charge in [-0.1, -0.05) is 0 Å². The van der Waals surface area contributed by atoms with Gasteiger partial charge in [-0.15, -0.1) is 12.4 Å². The van der Waals surface area contributed by atoms with Gasteiger partial charge in [0, 0.05) is 0 Å². The maximum Gasteiger partial charge on any atom is 0.505 e. The van der Waals surface area contributed by atoms with Gasteiger partial charge in [-0.3, -0.25) is 0 Å². The molecule has 0 aromatic carbocycles. The average molecular weight is 184 g/mol. The Balaban J connectivity index is 0. The van der Waals surface area contributed by atoms with E-state index < -0.39 is 6.16 Å². The van der Waals surface area contributed by atoms with Gasteiger partial charge >= 0.3 is 6.16 Å². The molecule has 0 aromatic heterocycles. The molecule has 0 bridgehead atoms. The molecule has 5 heteroatoms. The first kappa shape index (κ1) is 13.1. The molecular weight excluding hydrogens is 170 g/mol. The third-order valence-electron chi connectivity index (χ3n) is 1.07. The predicted octanol–water partition coefficient (Wildman–Crippen LogP) is 1.23. The highest BCUT2D eigenvalue weighted by atomic mass is 35.5. The third-order valence-corrected chi connectivity index (χ3v) is 1.07. The van der Waals surface area contributed by atoms with Crippen molar-refractivity contribution in [1.29, 1.82) is 0 Å². The van der Waals surface area contributed by atoms with Crippen molar-refractivity contribution in [1.82, 2.24) is 0 Å². The Morgan fingerprint density at radius 3 is 2.45 bits per heavy atom. The zero-order chi connectivity index (χ0) is 7.82. The van der Waals surface area contributed by atoms with Crippen molar-refractivity contribution in [2.75, 3.05) is 13.2 Å². The van der Waals surface area contributed by atoms with Gasteiger partial charge in [-0.2, -0.15) is 0 Å². The van der Waals surface area contributed by atoms with E-state index in [2.05, 4.69) is 4.74 Å². The first-order valence-corrected chi connectivity index (χ1v) is 3.33. The lowest BCUT2D eigenvalue weighted by molar-refractivity contribution is 0.0900. The monoisotopic (exact) mass is 183 g/mol. The maximum atomic E-state index is 9.79. The molecule has 0 atom stereocenters. The van der Waals surface area contributed by atoms with Gasteiger partial charge in [0.15, 0.2) is 0 Å². The number of unbranched alkanes of at least 4 members (excludes halogenated alkanes) is 2. The molecule has 0 spiro atoms. The van der Waals surface area contributed by atoms with E-state index in [4.69, 9.17) is 10.8 Å². The Hall–Kier alpha value is -0.480. The van der Waals surface area contributed by atoms with Gasteiger partial charge in [0.2, 0.25) is 0 Å². The number of carbonyl (C=O) groups is 1. The molecule has 0 unspecified atom stereocenters. The molecule has 0 aliphatic heterocycles. The highest BCUT2D eigenvalue weighted by Gasteiger charge is 1.93. The van der Waals surface area contributed by atoms with Crippen LogP contribution in [-0.2, 0) is 4.74 Å². The summed E-state index contributed by atoms with van der Waals surface area (Å²) in [4.78, 5) is 9.79. The Morgan fingerprint density at radius 2 is 2.00 bits per heavy atom. The molecule has 0 amide bonds. The van der Waals surface area contributed by atoms with Crippen LogP contribution in [-0.4, -0.2) is 24.4 Å². The summed E-state index contributed by atoms with van der Waals surface area (Å²) in [5.41, 5.74) is 5.21. The van der Waals surface area contributed by atoms with Crippen LogP contribution in [0.2, 0.25) is 0 Å². The number of ether oxygens (including phenoxy) is 1. The van der Waals surface area contributed by atoms with Gasteiger partial charge in [-0.05, 0) is 25.8 Å². The van der Waals surface area contributed by atoms with Crippen LogP contribution in [0.1, 0.15) is 19.3 Å². The van der Waals surface area contributed by atoms with Crippen LogP contribution in [0.15, 0.2) is 0 Å². The van der Waals surface area contributed by atoms with Crippen LogP contribution >= 0.6 is 12.4 Å². The van der Waals surface area contributed by atoms with Crippen LogP contribution in [0.3, 0.4) is 0 Å². The largest absolute Gasteiger partial charge is 0.505 e. The molecule has 0 radical (unpaired) electrons. The fourth-order valence-corrected chi connectivity index (χ4v) is 0.583. The first-order chi connectivity index (χ1) is 4.77. The highest BCUT2D eigenvalue weighted by Crippen LogP contribution is 1.93. The molecule has 0 fully saturated rings. The van der Waals surface area contributed by atoms with E-state index in [1.807, 2.05) is 0 Å². The lowest BCUT2D eigenvalue weighted by Gasteiger charge is -1.98. The molecule has 0 aromatic rings. The number of carboxylic acid groups (broad SMARTS) is 1. The maximum absolute atomic E-state index is 9.79. The number of halogens is 1. The second kappa shape index (κ2) is 9.52. The van der Waals surface area contributed by atoms with Crippen molar-refractivity contribution in [3.05, 3.63) is 0 Å². The first-order valence-electron chi connectivity index (χ1n) is 3.33. The Bertz CT molecular complexity index is 99.8. The minimum absolute atomic E-state index is 0. The van der Waals surface area contributed by atoms with E-state index in [1.54, 1.807) is 0 Å². The van der Waals surface area contributed by atoms with Crippen LogP contribution < -0.4 is 5.73 Å². The van der Waals surface area contributed by atoms with Crippen LogP contribution in [0, 0.1) is 0 Å². The van der Waals surface area contributed by atoms with Crippen molar-refractivity contribution in [2.24, 2.45) is 5.73 Å². The molecule has 11 heavy (non-hydrogen) atoms. The van der Waals surface area contributed by atoms with Gasteiger partial charge < -0.3 is 15.6 Å². The lowest BCUT2D eigenvalue weighted by atomic mass is 10.2. The summed E-state index contributed by atoms with van der Waals surface area (Å²) < 4.78 is 4.26. The zero-order valence-electron chi connectivity index (χ0n) is 6.28. The van der Waals surface area contributed by atoms with E-state index >= 15 is 0 Å². The predicted molar refractivity (Wildman–Crippen MR) is 44.1 cm³/mol. The SMILES string of the molecule is Cl.NCCCCCOC(=O)O. The molecule has 0 heterocycles. The third kappa shape index (κ3) is 12.7. The molecular formula is C6H14ClNO3. The smallest absolute Gasteiger partial charge is 0.450 e. The summed E-state index contributed by atoms with van der Waals surface area (Å²) >= 11 is 0. The second-order valence-corrected chi connectivity index (χ2v) is 1.96. The molecule has 0 aliphatic rings. The number of nitrogens with two attached hydrogens (primary N) is 1. The topological polar surface area (TPSA) is 72.5 Å². The van der Waals surface area contributed by atoms with Crippen molar-refractivity contribution in [3.8, 4) is 0 Å². The van der Waals surface area contributed by atoms with E-state index in [-0.39, 0.29) is 19.0 Å². The molecule has 0 saturated carbocycles. The van der Waals surface area contributed by atoms with Crippen molar-refractivity contribution in [3.63, 3.8) is 0 Å². The summed E-state index contributed by atoms with van der Waals surface area (Å²) in [7, 11) is 0. The average Bonchev–Trinajstić information content (AvgIpc) is 1.87. The van der Waals surface area contributed by atoms with Crippen LogP contribution in [0.5, 0.6) is 0 Å². The number of hydrogen-bond acceptors (Lipinski definition) is 3. The summed E-state index contributed by atoms with van der Waals surface area (Å²) in [6.07, 6.45) is 1.43. The Kier molecular flexibility index (Phi) is 11.4. The lowest BCUT2D eigenvalue weighted by Crippen LogP contribution is -2.03.